The minimum atomic E-state index is 0.771. The van der Waals surface area contributed by atoms with Gasteiger partial charge in [-0.1, -0.05) is 26.2 Å². The van der Waals surface area contributed by atoms with Crippen LogP contribution in [0, 0.1) is 5.92 Å². The number of likely N-dealkylation sites (N-methyl/N-ethyl adjacent to an activating group) is 1. The highest BCUT2D eigenvalue weighted by atomic mass is 15.2. The van der Waals surface area contributed by atoms with Crippen LogP contribution in [0.25, 0.3) is 0 Å². The Hall–Kier alpha value is -0.120. The lowest BCUT2D eigenvalue weighted by Crippen LogP contribution is -2.51. The molecule has 3 atom stereocenters. The van der Waals surface area contributed by atoms with Gasteiger partial charge in [0, 0.05) is 31.2 Å². The SMILES string of the molecule is CCN(CCNC1CCCCC1C1CCCCN1)C1CC1. The Labute approximate surface area is 131 Å². The Morgan fingerprint density at radius 2 is 1.81 bits per heavy atom. The van der Waals surface area contributed by atoms with Crippen molar-refractivity contribution in [2.24, 2.45) is 5.92 Å². The highest BCUT2D eigenvalue weighted by molar-refractivity contribution is 4.91. The van der Waals surface area contributed by atoms with Crippen molar-refractivity contribution < 1.29 is 0 Å². The summed E-state index contributed by atoms with van der Waals surface area (Å²) < 4.78 is 0. The van der Waals surface area contributed by atoms with Gasteiger partial charge >= 0.3 is 0 Å². The average Bonchev–Trinajstić information content (AvgIpc) is 3.38. The number of hydrogen-bond donors (Lipinski definition) is 2. The molecular weight excluding hydrogens is 258 g/mol. The van der Waals surface area contributed by atoms with Crippen molar-refractivity contribution in [2.45, 2.75) is 82.8 Å². The second kappa shape index (κ2) is 7.94. The Bertz CT molecular complexity index is 297. The van der Waals surface area contributed by atoms with Crippen LogP contribution in [0.5, 0.6) is 0 Å². The number of rotatable bonds is 7. The van der Waals surface area contributed by atoms with E-state index in [1.165, 1.54) is 84.0 Å². The quantitative estimate of drug-likeness (QED) is 0.756. The van der Waals surface area contributed by atoms with E-state index in [1.807, 2.05) is 0 Å². The first-order valence-electron chi connectivity index (χ1n) is 9.59. The van der Waals surface area contributed by atoms with Crippen molar-refractivity contribution in [1.82, 2.24) is 15.5 Å². The second-order valence-corrected chi connectivity index (χ2v) is 7.43. The molecule has 0 radical (unpaired) electrons. The molecule has 0 aromatic rings. The molecule has 3 heteroatoms. The second-order valence-electron chi connectivity index (χ2n) is 7.43. The molecule has 0 bridgehead atoms. The minimum absolute atomic E-state index is 0.771. The highest BCUT2D eigenvalue weighted by Gasteiger charge is 2.32. The molecule has 1 aliphatic heterocycles. The van der Waals surface area contributed by atoms with Gasteiger partial charge in [0.2, 0.25) is 0 Å². The van der Waals surface area contributed by atoms with Gasteiger partial charge in [0.05, 0.1) is 0 Å². The fraction of sp³-hybridized carbons (Fsp3) is 1.00. The van der Waals surface area contributed by atoms with Crippen molar-refractivity contribution in [3.05, 3.63) is 0 Å². The van der Waals surface area contributed by atoms with Crippen molar-refractivity contribution in [3.63, 3.8) is 0 Å². The average molecular weight is 293 g/mol. The van der Waals surface area contributed by atoms with E-state index in [-0.39, 0.29) is 0 Å². The van der Waals surface area contributed by atoms with Gasteiger partial charge in [-0.2, -0.15) is 0 Å². The van der Waals surface area contributed by atoms with E-state index in [4.69, 9.17) is 0 Å². The molecule has 0 aromatic carbocycles. The summed E-state index contributed by atoms with van der Waals surface area (Å²) in [5.74, 6) is 0.884. The van der Waals surface area contributed by atoms with Gasteiger partial charge in [-0.15, -0.1) is 0 Å². The van der Waals surface area contributed by atoms with Crippen LogP contribution in [-0.2, 0) is 0 Å². The van der Waals surface area contributed by atoms with Crippen LogP contribution in [-0.4, -0.2) is 49.2 Å². The molecule has 0 aromatic heterocycles. The Morgan fingerprint density at radius 3 is 2.52 bits per heavy atom. The lowest BCUT2D eigenvalue weighted by Gasteiger charge is -2.40. The van der Waals surface area contributed by atoms with E-state index in [9.17, 15) is 0 Å². The maximum absolute atomic E-state index is 3.93. The van der Waals surface area contributed by atoms with Gasteiger partial charge in [-0.05, 0) is 57.5 Å². The van der Waals surface area contributed by atoms with Crippen LogP contribution in [0.4, 0.5) is 0 Å². The van der Waals surface area contributed by atoms with Crippen molar-refractivity contribution in [2.75, 3.05) is 26.2 Å². The molecule has 2 aliphatic carbocycles. The molecule has 1 heterocycles. The van der Waals surface area contributed by atoms with E-state index < -0.39 is 0 Å². The third-order valence-electron chi connectivity index (χ3n) is 5.96. The molecule has 2 saturated carbocycles. The molecule has 0 amide bonds. The van der Waals surface area contributed by atoms with Gasteiger partial charge in [0.15, 0.2) is 0 Å². The summed E-state index contributed by atoms with van der Waals surface area (Å²) in [5, 5.41) is 7.74. The first kappa shape index (κ1) is 15.8. The molecule has 3 unspecified atom stereocenters. The standard InChI is InChI=1S/C18H35N3/c1-2-21(15-10-11-15)14-13-20-18-8-4-3-7-16(18)17-9-5-6-12-19-17/h15-20H,2-14H2,1H3. The van der Waals surface area contributed by atoms with Gasteiger partial charge in [0.1, 0.15) is 0 Å². The number of nitrogens with one attached hydrogen (secondary N) is 2. The fourth-order valence-electron chi connectivity index (χ4n) is 4.57. The fourth-order valence-corrected chi connectivity index (χ4v) is 4.57. The van der Waals surface area contributed by atoms with E-state index in [2.05, 4.69) is 22.5 Å². The zero-order valence-corrected chi connectivity index (χ0v) is 13.9. The zero-order chi connectivity index (χ0) is 14.5. The van der Waals surface area contributed by atoms with Gasteiger partial charge < -0.3 is 10.6 Å². The van der Waals surface area contributed by atoms with Gasteiger partial charge in [-0.3, -0.25) is 4.90 Å². The summed E-state index contributed by atoms with van der Waals surface area (Å²) >= 11 is 0. The van der Waals surface area contributed by atoms with Gasteiger partial charge in [0.25, 0.3) is 0 Å². The smallest absolute Gasteiger partial charge is 0.0111 e. The normalized spacial score (nSPS) is 34.3. The molecule has 3 fully saturated rings. The monoisotopic (exact) mass is 293 g/mol. The number of piperidine rings is 1. The van der Waals surface area contributed by atoms with Crippen LogP contribution in [0.15, 0.2) is 0 Å². The molecule has 122 valence electrons. The predicted octanol–water partition coefficient (Wildman–Crippen LogP) is 2.76. The predicted molar refractivity (Wildman–Crippen MR) is 89.7 cm³/mol. The number of nitrogens with zero attached hydrogens (tertiary/aromatic N) is 1. The summed E-state index contributed by atoms with van der Waals surface area (Å²) in [7, 11) is 0. The first-order chi connectivity index (χ1) is 10.4. The summed E-state index contributed by atoms with van der Waals surface area (Å²) in [4.78, 5) is 2.67. The topological polar surface area (TPSA) is 27.3 Å². The lowest BCUT2D eigenvalue weighted by molar-refractivity contribution is 0.175. The summed E-state index contributed by atoms with van der Waals surface area (Å²) in [6.45, 7) is 7.23. The summed E-state index contributed by atoms with van der Waals surface area (Å²) in [6, 6.07) is 2.48. The van der Waals surface area contributed by atoms with Crippen LogP contribution < -0.4 is 10.6 Å². The third kappa shape index (κ3) is 4.43. The lowest BCUT2D eigenvalue weighted by atomic mass is 9.77. The van der Waals surface area contributed by atoms with Gasteiger partial charge in [-0.25, -0.2) is 0 Å². The Morgan fingerprint density at radius 1 is 1.00 bits per heavy atom. The van der Waals surface area contributed by atoms with E-state index in [0.717, 1.165) is 24.0 Å². The first-order valence-corrected chi connectivity index (χ1v) is 9.59. The molecule has 0 spiro atoms. The van der Waals surface area contributed by atoms with E-state index in [1.54, 1.807) is 0 Å². The highest BCUT2D eigenvalue weighted by Crippen LogP contribution is 2.30. The Kier molecular flexibility index (Phi) is 5.96. The molecule has 3 rings (SSSR count). The van der Waals surface area contributed by atoms with Crippen LogP contribution in [0.1, 0.15) is 64.7 Å². The van der Waals surface area contributed by atoms with Crippen molar-refractivity contribution in [3.8, 4) is 0 Å². The number of hydrogen-bond acceptors (Lipinski definition) is 3. The molecule has 3 aliphatic rings. The van der Waals surface area contributed by atoms with E-state index >= 15 is 0 Å². The maximum atomic E-state index is 3.93. The molecule has 3 nitrogen and oxygen atoms in total. The van der Waals surface area contributed by atoms with Crippen LogP contribution in [0.3, 0.4) is 0 Å². The molecule has 1 saturated heterocycles. The summed E-state index contributed by atoms with van der Waals surface area (Å²) in [6.07, 6.45) is 12.8. The van der Waals surface area contributed by atoms with Crippen LogP contribution in [0.2, 0.25) is 0 Å². The molecule has 21 heavy (non-hydrogen) atoms. The zero-order valence-electron chi connectivity index (χ0n) is 13.9. The van der Waals surface area contributed by atoms with Crippen LogP contribution >= 0.6 is 0 Å². The third-order valence-corrected chi connectivity index (χ3v) is 5.96. The van der Waals surface area contributed by atoms with E-state index in [0.29, 0.717) is 0 Å². The molecular formula is C18H35N3. The molecule has 2 N–H and O–H groups in total. The summed E-state index contributed by atoms with van der Waals surface area (Å²) in [5.41, 5.74) is 0. The largest absolute Gasteiger partial charge is 0.314 e. The van der Waals surface area contributed by atoms with Crippen molar-refractivity contribution in [1.29, 1.82) is 0 Å². The maximum Gasteiger partial charge on any atom is 0.0111 e. The Balaban J connectivity index is 1.44. The van der Waals surface area contributed by atoms with Crippen molar-refractivity contribution >= 4 is 0 Å². The minimum Gasteiger partial charge on any atom is -0.314 e.